The van der Waals surface area contributed by atoms with E-state index in [1.807, 2.05) is 0 Å². The highest BCUT2D eigenvalue weighted by atomic mass is 15.2. The number of aromatic nitrogens is 1. The standard InChI is InChI=1S/C48H35N3/c1-6-19-44(51-47-22-9-4-17-42(47)43-18-5-10-23-48(43)51)39(14-1)34-26-30-37(31-27-34)49-36-28-24-33(25-29-36)35-12-11-13-38(32-35)50-45-20-7-2-15-40(45)41-16-3-8-21-46(41)50/h1-32,42,47,49H. The molecule has 0 spiro atoms. The molecule has 2 atom stereocenters. The normalized spacial score (nSPS) is 16.0. The first kappa shape index (κ1) is 29.3. The van der Waals surface area contributed by atoms with Gasteiger partial charge in [-0.2, -0.15) is 0 Å². The molecule has 1 aliphatic carbocycles. The molecule has 2 aliphatic rings. The van der Waals surface area contributed by atoms with Gasteiger partial charge >= 0.3 is 0 Å². The van der Waals surface area contributed by atoms with Gasteiger partial charge in [-0.3, -0.25) is 0 Å². The largest absolute Gasteiger partial charge is 0.356 e. The molecular weight excluding hydrogens is 619 g/mol. The maximum absolute atomic E-state index is 3.62. The Morgan fingerprint density at radius 3 is 1.80 bits per heavy atom. The van der Waals surface area contributed by atoms with Crippen LogP contribution in [0.5, 0.6) is 0 Å². The number of benzene rings is 7. The van der Waals surface area contributed by atoms with Crippen molar-refractivity contribution in [3.63, 3.8) is 0 Å². The van der Waals surface area contributed by atoms with Crippen molar-refractivity contribution in [2.75, 3.05) is 10.2 Å². The molecule has 3 heteroatoms. The highest BCUT2D eigenvalue weighted by Gasteiger charge is 2.37. The Morgan fingerprint density at radius 2 is 1.06 bits per heavy atom. The second kappa shape index (κ2) is 12.1. The second-order valence-electron chi connectivity index (χ2n) is 13.4. The van der Waals surface area contributed by atoms with Gasteiger partial charge in [-0.25, -0.2) is 0 Å². The van der Waals surface area contributed by atoms with Gasteiger partial charge in [0.05, 0.1) is 17.1 Å². The van der Waals surface area contributed by atoms with E-state index < -0.39 is 0 Å². The number of allylic oxidation sites excluding steroid dienone is 2. The Balaban J connectivity index is 0.906. The van der Waals surface area contributed by atoms with Crippen LogP contribution in [0.1, 0.15) is 11.5 Å². The number of para-hydroxylation sites is 4. The summed E-state index contributed by atoms with van der Waals surface area (Å²) in [5.41, 5.74) is 14.4. The summed E-state index contributed by atoms with van der Waals surface area (Å²) in [6.45, 7) is 0. The van der Waals surface area contributed by atoms with Crippen LogP contribution in [-0.2, 0) is 0 Å². The molecule has 0 amide bonds. The number of hydrogen-bond acceptors (Lipinski definition) is 2. The van der Waals surface area contributed by atoms with E-state index in [4.69, 9.17) is 0 Å². The zero-order chi connectivity index (χ0) is 33.7. The molecule has 2 heterocycles. The number of hydrogen-bond donors (Lipinski definition) is 1. The van der Waals surface area contributed by atoms with E-state index in [1.165, 1.54) is 61.0 Å². The average molecular weight is 654 g/mol. The molecular formula is C48H35N3. The Labute approximate surface area is 298 Å². The molecule has 0 radical (unpaired) electrons. The quantitative estimate of drug-likeness (QED) is 0.193. The summed E-state index contributed by atoms with van der Waals surface area (Å²) in [4.78, 5) is 2.52. The van der Waals surface area contributed by atoms with Crippen LogP contribution < -0.4 is 10.2 Å². The van der Waals surface area contributed by atoms with E-state index in [1.54, 1.807) is 0 Å². The number of rotatable bonds is 6. The lowest BCUT2D eigenvalue weighted by atomic mass is 9.91. The van der Waals surface area contributed by atoms with Crippen molar-refractivity contribution in [3.8, 4) is 27.9 Å². The molecule has 2 unspecified atom stereocenters. The van der Waals surface area contributed by atoms with Crippen molar-refractivity contribution in [1.29, 1.82) is 0 Å². The number of nitrogens with one attached hydrogen (secondary N) is 1. The second-order valence-corrected chi connectivity index (χ2v) is 13.4. The predicted octanol–water partition coefficient (Wildman–Crippen LogP) is 12.6. The van der Waals surface area contributed by atoms with Crippen LogP contribution in [0.4, 0.5) is 22.7 Å². The van der Waals surface area contributed by atoms with Gasteiger partial charge < -0.3 is 14.8 Å². The van der Waals surface area contributed by atoms with E-state index in [-0.39, 0.29) is 6.04 Å². The van der Waals surface area contributed by atoms with Crippen LogP contribution in [0.2, 0.25) is 0 Å². The molecule has 0 saturated carbocycles. The minimum atomic E-state index is 0.272. The van der Waals surface area contributed by atoms with Gasteiger partial charge in [0.2, 0.25) is 0 Å². The molecule has 7 aromatic carbocycles. The lowest BCUT2D eigenvalue weighted by molar-refractivity contribution is 0.745. The monoisotopic (exact) mass is 653 g/mol. The van der Waals surface area contributed by atoms with Crippen LogP contribution in [0, 0.1) is 0 Å². The maximum Gasteiger partial charge on any atom is 0.0629 e. The van der Waals surface area contributed by atoms with Crippen LogP contribution in [0.15, 0.2) is 194 Å². The summed E-state index contributed by atoms with van der Waals surface area (Å²) in [5.74, 6) is 0.362. The zero-order valence-electron chi connectivity index (χ0n) is 28.0. The smallest absolute Gasteiger partial charge is 0.0629 e. The number of nitrogens with zero attached hydrogens (tertiary/aromatic N) is 2. The minimum Gasteiger partial charge on any atom is -0.356 e. The van der Waals surface area contributed by atoms with Crippen LogP contribution in [-0.4, -0.2) is 10.6 Å². The summed E-state index contributed by atoms with van der Waals surface area (Å²) in [5, 5.41) is 6.17. The van der Waals surface area contributed by atoms with Gasteiger partial charge in [0.1, 0.15) is 0 Å². The molecule has 1 aliphatic heterocycles. The summed E-state index contributed by atoms with van der Waals surface area (Å²) in [6, 6.07) is 61.6. The average Bonchev–Trinajstić information content (AvgIpc) is 3.72. The summed E-state index contributed by atoms with van der Waals surface area (Å²) >= 11 is 0. The Hall–Kier alpha value is -6.58. The molecule has 8 aromatic rings. The van der Waals surface area contributed by atoms with Gasteiger partial charge in [-0.15, -0.1) is 0 Å². The van der Waals surface area contributed by atoms with E-state index in [9.17, 15) is 0 Å². The summed E-state index contributed by atoms with van der Waals surface area (Å²) in [6.07, 6.45) is 9.03. The predicted molar refractivity (Wildman–Crippen MR) is 215 cm³/mol. The van der Waals surface area contributed by atoms with Gasteiger partial charge in [-0.1, -0.05) is 133 Å². The molecule has 1 aromatic heterocycles. The minimum absolute atomic E-state index is 0.272. The highest BCUT2D eigenvalue weighted by molar-refractivity contribution is 6.09. The van der Waals surface area contributed by atoms with Crippen LogP contribution >= 0.6 is 0 Å². The molecule has 242 valence electrons. The zero-order valence-corrected chi connectivity index (χ0v) is 28.0. The summed E-state index contributed by atoms with van der Waals surface area (Å²) < 4.78 is 2.37. The van der Waals surface area contributed by atoms with Crippen LogP contribution in [0.25, 0.3) is 49.7 Å². The van der Waals surface area contributed by atoms with Crippen molar-refractivity contribution >= 4 is 44.6 Å². The first-order chi connectivity index (χ1) is 25.3. The van der Waals surface area contributed by atoms with Gasteiger partial charge in [0.15, 0.2) is 0 Å². The first-order valence-electron chi connectivity index (χ1n) is 17.7. The molecule has 1 N–H and O–H groups in total. The van der Waals surface area contributed by atoms with Crippen molar-refractivity contribution in [3.05, 3.63) is 200 Å². The van der Waals surface area contributed by atoms with Crippen molar-refractivity contribution in [1.82, 2.24) is 4.57 Å². The Bertz CT molecular complexity index is 2570. The summed E-state index contributed by atoms with van der Waals surface area (Å²) in [7, 11) is 0. The molecule has 0 fully saturated rings. The fourth-order valence-electron chi connectivity index (χ4n) is 8.17. The first-order valence-corrected chi connectivity index (χ1v) is 17.7. The number of anilines is 4. The SMILES string of the molecule is C1=CC2c3ccccc3N(c3ccccc3-c3ccc(Nc4ccc(-c5cccc(-n6c7ccccc7c7ccccc76)c5)cc4)cc3)C2C=C1. The van der Waals surface area contributed by atoms with Gasteiger partial charge in [-0.05, 0) is 82.9 Å². The third-order valence-corrected chi connectivity index (χ3v) is 10.5. The van der Waals surface area contributed by atoms with Gasteiger partial charge in [0.25, 0.3) is 0 Å². The van der Waals surface area contributed by atoms with E-state index >= 15 is 0 Å². The van der Waals surface area contributed by atoms with Crippen molar-refractivity contribution < 1.29 is 0 Å². The molecule has 51 heavy (non-hydrogen) atoms. The third kappa shape index (κ3) is 4.97. The third-order valence-electron chi connectivity index (χ3n) is 10.5. The molecule has 0 saturated heterocycles. The fourth-order valence-corrected chi connectivity index (χ4v) is 8.17. The highest BCUT2D eigenvalue weighted by Crippen LogP contribution is 2.49. The van der Waals surface area contributed by atoms with Crippen molar-refractivity contribution in [2.45, 2.75) is 12.0 Å². The maximum atomic E-state index is 3.62. The fraction of sp³-hybridized carbons (Fsp3) is 0.0417. The van der Waals surface area contributed by atoms with Crippen molar-refractivity contribution in [2.24, 2.45) is 0 Å². The molecule has 0 bridgehead atoms. The van der Waals surface area contributed by atoms with E-state index in [0.717, 1.165) is 17.1 Å². The molecule has 3 nitrogen and oxygen atoms in total. The molecule has 10 rings (SSSR count). The lowest BCUT2D eigenvalue weighted by Crippen LogP contribution is -2.28. The van der Waals surface area contributed by atoms with Gasteiger partial charge in [0, 0.05) is 50.7 Å². The van der Waals surface area contributed by atoms with Crippen LogP contribution in [0.3, 0.4) is 0 Å². The Kier molecular flexibility index (Phi) is 6.95. The Morgan fingerprint density at radius 1 is 0.451 bits per heavy atom. The number of fused-ring (bicyclic) bond motifs is 6. The van der Waals surface area contributed by atoms with E-state index in [0.29, 0.717) is 5.92 Å². The topological polar surface area (TPSA) is 20.2 Å². The van der Waals surface area contributed by atoms with E-state index in [2.05, 4.69) is 209 Å². The lowest BCUT2D eigenvalue weighted by Gasteiger charge is -2.30.